The van der Waals surface area contributed by atoms with Crippen LogP contribution in [0.25, 0.3) is 0 Å². The largest absolute Gasteiger partial charge is 0.386 e. The van der Waals surface area contributed by atoms with E-state index in [0.717, 1.165) is 5.56 Å². The maximum absolute atomic E-state index is 10.4. The molecule has 2 aliphatic heterocycles. The maximum Gasteiger partial charge on any atom is 0.187 e. The van der Waals surface area contributed by atoms with Crippen LogP contribution in [-0.4, -0.2) is 41.5 Å². The summed E-state index contributed by atoms with van der Waals surface area (Å²) in [7, 11) is 0. The Balaban J connectivity index is 1.73. The molecule has 2 aliphatic rings. The van der Waals surface area contributed by atoms with E-state index < -0.39 is 18.0 Å². The van der Waals surface area contributed by atoms with E-state index in [0.29, 0.717) is 17.3 Å². The first-order chi connectivity index (χ1) is 9.46. The molecule has 20 heavy (non-hydrogen) atoms. The molecule has 0 unspecified atom stereocenters. The molecule has 108 valence electrons. The van der Waals surface area contributed by atoms with Gasteiger partial charge in [-0.1, -0.05) is 28.9 Å². The fourth-order valence-corrected chi connectivity index (χ4v) is 2.50. The summed E-state index contributed by atoms with van der Waals surface area (Å²) in [5.41, 5.74) is 1.27. The third-order valence-corrected chi connectivity index (χ3v) is 3.65. The molecule has 1 aromatic carbocycles. The van der Waals surface area contributed by atoms with Gasteiger partial charge in [0.25, 0.3) is 0 Å². The third-order valence-electron chi connectivity index (χ3n) is 3.40. The number of rotatable bonds is 2. The smallest absolute Gasteiger partial charge is 0.187 e. The van der Waals surface area contributed by atoms with Crippen LogP contribution in [-0.2, 0) is 14.3 Å². The topological polar surface area (TPSA) is 60.3 Å². The number of nitrogens with zero attached hydrogens (tertiary/aromatic N) is 1. The lowest BCUT2D eigenvalue weighted by molar-refractivity contribution is -0.160. The van der Waals surface area contributed by atoms with Gasteiger partial charge in [0.15, 0.2) is 11.9 Å². The Labute approximate surface area is 122 Å². The Kier molecular flexibility index (Phi) is 3.46. The minimum atomic E-state index is -0.848. The first-order valence-corrected chi connectivity index (χ1v) is 6.83. The highest BCUT2D eigenvalue weighted by Crippen LogP contribution is 2.30. The number of ether oxygens (including phenoxy) is 2. The van der Waals surface area contributed by atoms with Gasteiger partial charge in [-0.15, -0.1) is 0 Å². The molecular weight excluding hydrogens is 282 g/mol. The molecule has 0 aromatic heterocycles. The Morgan fingerprint density at radius 2 is 2.00 bits per heavy atom. The molecule has 1 N–H and O–H groups in total. The molecule has 3 atom stereocenters. The highest BCUT2D eigenvalue weighted by Gasteiger charge is 2.46. The summed E-state index contributed by atoms with van der Waals surface area (Å²) in [6, 6.07) is 7.09. The minimum absolute atomic E-state index is 0.339. The number of oxime groups is 1. The van der Waals surface area contributed by atoms with Crippen molar-refractivity contribution in [1.82, 2.24) is 0 Å². The maximum atomic E-state index is 10.4. The first-order valence-electron chi connectivity index (χ1n) is 6.46. The number of aliphatic hydroxyl groups is 1. The van der Waals surface area contributed by atoms with E-state index in [1.165, 1.54) is 0 Å². The highest BCUT2D eigenvalue weighted by atomic mass is 35.5. The van der Waals surface area contributed by atoms with Crippen LogP contribution >= 0.6 is 11.6 Å². The van der Waals surface area contributed by atoms with Gasteiger partial charge in [-0.25, -0.2) is 0 Å². The molecule has 2 heterocycles. The second-order valence-corrected chi connectivity index (χ2v) is 5.80. The molecule has 1 aromatic rings. The standard InChI is InChI=1S/C14H16ClNO4/c1-14(2)18-7-10(19-14)13-12(17)11(16-20-13)8-3-5-9(15)6-4-8/h3-6,10,12-13,17H,7H2,1-2H3/t10-,12+,13-/m1/s1. The summed E-state index contributed by atoms with van der Waals surface area (Å²) in [5.74, 6) is -0.656. The summed E-state index contributed by atoms with van der Waals surface area (Å²) in [6.07, 6.45) is -1.74. The van der Waals surface area contributed by atoms with Gasteiger partial charge in [-0.05, 0) is 26.0 Å². The van der Waals surface area contributed by atoms with E-state index in [-0.39, 0.29) is 6.10 Å². The average molecular weight is 298 g/mol. The zero-order valence-corrected chi connectivity index (χ0v) is 12.0. The van der Waals surface area contributed by atoms with Gasteiger partial charge in [-0.2, -0.15) is 0 Å². The lowest BCUT2D eigenvalue weighted by atomic mass is 9.99. The summed E-state index contributed by atoms with van der Waals surface area (Å²) in [4.78, 5) is 5.34. The van der Waals surface area contributed by atoms with E-state index in [9.17, 15) is 5.11 Å². The zero-order valence-electron chi connectivity index (χ0n) is 11.2. The van der Waals surface area contributed by atoms with Crippen molar-refractivity contribution in [3.63, 3.8) is 0 Å². The van der Waals surface area contributed by atoms with Crippen LogP contribution in [0.15, 0.2) is 29.4 Å². The normalized spacial score (nSPS) is 32.0. The fourth-order valence-electron chi connectivity index (χ4n) is 2.38. The van der Waals surface area contributed by atoms with Crippen molar-refractivity contribution in [3.05, 3.63) is 34.9 Å². The van der Waals surface area contributed by atoms with Gasteiger partial charge in [0, 0.05) is 10.6 Å². The second-order valence-electron chi connectivity index (χ2n) is 5.37. The molecule has 3 rings (SSSR count). The quantitative estimate of drug-likeness (QED) is 0.906. The lowest BCUT2D eigenvalue weighted by Crippen LogP contribution is -2.41. The average Bonchev–Trinajstić information content (AvgIpc) is 2.93. The minimum Gasteiger partial charge on any atom is -0.386 e. The van der Waals surface area contributed by atoms with Crippen LogP contribution in [0.3, 0.4) is 0 Å². The molecule has 5 nitrogen and oxygen atoms in total. The molecule has 1 fully saturated rings. The third kappa shape index (κ3) is 2.54. The summed E-state index contributed by atoms with van der Waals surface area (Å²) >= 11 is 5.85. The van der Waals surface area contributed by atoms with Gasteiger partial charge in [0.05, 0.1) is 6.61 Å². The van der Waals surface area contributed by atoms with Crippen molar-refractivity contribution in [3.8, 4) is 0 Å². The van der Waals surface area contributed by atoms with Crippen LogP contribution in [0, 0.1) is 0 Å². The van der Waals surface area contributed by atoms with E-state index in [4.69, 9.17) is 25.9 Å². The van der Waals surface area contributed by atoms with Crippen LogP contribution in [0.1, 0.15) is 19.4 Å². The van der Waals surface area contributed by atoms with E-state index in [1.807, 2.05) is 13.8 Å². The monoisotopic (exact) mass is 297 g/mol. The predicted molar refractivity (Wildman–Crippen MR) is 73.8 cm³/mol. The molecule has 0 aliphatic carbocycles. The van der Waals surface area contributed by atoms with Crippen molar-refractivity contribution in [2.75, 3.05) is 6.61 Å². The second kappa shape index (κ2) is 5.00. The van der Waals surface area contributed by atoms with E-state index >= 15 is 0 Å². The molecule has 0 amide bonds. The van der Waals surface area contributed by atoms with Crippen LogP contribution < -0.4 is 0 Å². The molecule has 6 heteroatoms. The fraction of sp³-hybridized carbons (Fsp3) is 0.500. The Bertz CT molecular complexity index is 528. The van der Waals surface area contributed by atoms with E-state index in [1.54, 1.807) is 24.3 Å². The van der Waals surface area contributed by atoms with Crippen molar-refractivity contribution in [2.24, 2.45) is 5.16 Å². The van der Waals surface area contributed by atoms with Crippen molar-refractivity contribution < 1.29 is 19.4 Å². The Morgan fingerprint density at radius 1 is 1.30 bits per heavy atom. The number of hydrogen-bond donors (Lipinski definition) is 1. The van der Waals surface area contributed by atoms with Crippen LogP contribution in [0.5, 0.6) is 0 Å². The van der Waals surface area contributed by atoms with E-state index in [2.05, 4.69) is 5.16 Å². The predicted octanol–water partition coefficient (Wildman–Crippen LogP) is 1.96. The molecule has 0 spiro atoms. The van der Waals surface area contributed by atoms with Crippen LogP contribution in [0.2, 0.25) is 5.02 Å². The molecule has 1 saturated heterocycles. The molecular formula is C14H16ClNO4. The van der Waals surface area contributed by atoms with Gasteiger partial charge in [0.1, 0.15) is 17.9 Å². The number of halogens is 1. The van der Waals surface area contributed by atoms with Gasteiger partial charge in [0.2, 0.25) is 0 Å². The Morgan fingerprint density at radius 3 is 2.60 bits per heavy atom. The number of aliphatic hydroxyl groups excluding tert-OH is 1. The van der Waals surface area contributed by atoms with Crippen molar-refractivity contribution in [2.45, 2.75) is 37.9 Å². The molecule has 0 saturated carbocycles. The lowest BCUT2D eigenvalue weighted by Gasteiger charge is -2.21. The summed E-state index contributed by atoms with van der Waals surface area (Å²) in [5, 5.41) is 15.0. The highest BCUT2D eigenvalue weighted by molar-refractivity contribution is 6.30. The van der Waals surface area contributed by atoms with Gasteiger partial charge >= 0.3 is 0 Å². The zero-order chi connectivity index (χ0) is 14.3. The van der Waals surface area contributed by atoms with Crippen molar-refractivity contribution >= 4 is 17.3 Å². The first kappa shape index (κ1) is 13.8. The SMILES string of the molecule is CC1(C)OC[C@H]([C@H]2ON=C(c3ccc(Cl)cc3)[C@@H]2O)O1. The van der Waals surface area contributed by atoms with Gasteiger partial charge in [-0.3, -0.25) is 0 Å². The Hall–Kier alpha value is -1.14. The summed E-state index contributed by atoms with van der Waals surface area (Å²) < 4.78 is 11.2. The van der Waals surface area contributed by atoms with Crippen LogP contribution in [0.4, 0.5) is 0 Å². The number of hydrogen-bond acceptors (Lipinski definition) is 5. The van der Waals surface area contributed by atoms with Gasteiger partial charge < -0.3 is 19.4 Å². The number of benzene rings is 1. The molecule has 0 bridgehead atoms. The van der Waals surface area contributed by atoms with Crippen molar-refractivity contribution in [1.29, 1.82) is 0 Å². The molecule has 0 radical (unpaired) electrons. The summed E-state index contributed by atoms with van der Waals surface area (Å²) in [6.45, 7) is 4.03.